The second-order valence-electron chi connectivity index (χ2n) is 4.53. The highest BCUT2D eigenvalue weighted by atomic mass is 79.9. The highest BCUT2D eigenvalue weighted by Gasteiger charge is 2.10. The van der Waals surface area contributed by atoms with Crippen molar-refractivity contribution < 1.29 is 9.50 Å². The van der Waals surface area contributed by atoms with Gasteiger partial charge in [0.2, 0.25) is 0 Å². The number of aliphatic hydroxyl groups is 1. The van der Waals surface area contributed by atoms with E-state index < -0.39 is 0 Å². The predicted molar refractivity (Wildman–Crippen MR) is 79.5 cm³/mol. The molecule has 1 aromatic carbocycles. The number of pyridine rings is 1. The van der Waals surface area contributed by atoms with Crippen molar-refractivity contribution in [3.05, 3.63) is 64.1 Å². The SMILES string of the molecule is OCCN(Cc1cccnc1)Cc1ccc(Br)cc1F. The number of nitrogens with zero attached hydrogens (tertiary/aromatic N) is 2. The van der Waals surface area contributed by atoms with Gasteiger partial charge in [0.1, 0.15) is 5.82 Å². The Morgan fingerprint density at radius 2 is 2.10 bits per heavy atom. The number of halogens is 2. The van der Waals surface area contributed by atoms with Crippen molar-refractivity contribution in [1.82, 2.24) is 9.88 Å². The maximum atomic E-state index is 13.9. The minimum Gasteiger partial charge on any atom is -0.395 e. The summed E-state index contributed by atoms with van der Waals surface area (Å²) in [7, 11) is 0. The van der Waals surface area contributed by atoms with E-state index in [0.29, 0.717) is 25.2 Å². The summed E-state index contributed by atoms with van der Waals surface area (Å²) in [6.07, 6.45) is 3.50. The smallest absolute Gasteiger partial charge is 0.128 e. The fourth-order valence-corrected chi connectivity index (χ4v) is 2.33. The van der Waals surface area contributed by atoms with Gasteiger partial charge in [0, 0.05) is 42.1 Å². The van der Waals surface area contributed by atoms with Gasteiger partial charge in [-0.1, -0.05) is 28.1 Å². The summed E-state index contributed by atoms with van der Waals surface area (Å²) in [5, 5.41) is 9.15. The van der Waals surface area contributed by atoms with Crippen LogP contribution in [-0.4, -0.2) is 28.1 Å². The average Bonchev–Trinajstić information content (AvgIpc) is 2.43. The number of aliphatic hydroxyl groups excluding tert-OH is 1. The first-order valence-corrected chi connectivity index (χ1v) is 7.14. The second-order valence-corrected chi connectivity index (χ2v) is 5.45. The molecule has 0 fully saturated rings. The van der Waals surface area contributed by atoms with Gasteiger partial charge in [0.15, 0.2) is 0 Å². The minimum atomic E-state index is -0.242. The lowest BCUT2D eigenvalue weighted by molar-refractivity contribution is 0.182. The molecule has 1 aromatic heterocycles. The van der Waals surface area contributed by atoms with Crippen LogP contribution in [0.5, 0.6) is 0 Å². The van der Waals surface area contributed by atoms with Crippen LogP contribution in [0, 0.1) is 5.82 Å². The first-order chi connectivity index (χ1) is 9.69. The van der Waals surface area contributed by atoms with E-state index in [1.54, 1.807) is 18.5 Å². The molecule has 106 valence electrons. The van der Waals surface area contributed by atoms with Gasteiger partial charge in [-0.15, -0.1) is 0 Å². The molecule has 3 nitrogen and oxygen atoms in total. The second kappa shape index (κ2) is 7.47. The standard InChI is InChI=1S/C15H16BrFN2O/c16-14-4-3-13(15(17)8-14)11-19(6-7-20)10-12-2-1-5-18-9-12/h1-5,8-9,20H,6-7,10-11H2. The van der Waals surface area contributed by atoms with Crippen molar-refractivity contribution in [2.45, 2.75) is 13.1 Å². The van der Waals surface area contributed by atoms with E-state index in [-0.39, 0.29) is 12.4 Å². The van der Waals surface area contributed by atoms with Crippen molar-refractivity contribution in [3.8, 4) is 0 Å². The topological polar surface area (TPSA) is 36.4 Å². The lowest BCUT2D eigenvalue weighted by Crippen LogP contribution is -2.26. The Bertz CT molecular complexity index is 551. The van der Waals surface area contributed by atoms with Crippen molar-refractivity contribution in [2.24, 2.45) is 0 Å². The Labute approximate surface area is 126 Å². The van der Waals surface area contributed by atoms with E-state index in [4.69, 9.17) is 5.11 Å². The largest absolute Gasteiger partial charge is 0.395 e. The maximum absolute atomic E-state index is 13.9. The van der Waals surface area contributed by atoms with Gasteiger partial charge in [-0.05, 0) is 23.8 Å². The van der Waals surface area contributed by atoms with Crippen LogP contribution in [0.1, 0.15) is 11.1 Å². The van der Waals surface area contributed by atoms with Gasteiger partial charge < -0.3 is 5.11 Å². The molecule has 1 heterocycles. The van der Waals surface area contributed by atoms with E-state index in [1.807, 2.05) is 23.1 Å². The summed E-state index contributed by atoms with van der Waals surface area (Å²) < 4.78 is 14.6. The van der Waals surface area contributed by atoms with Gasteiger partial charge in [0.05, 0.1) is 6.61 Å². The lowest BCUT2D eigenvalue weighted by atomic mass is 10.2. The van der Waals surface area contributed by atoms with Gasteiger partial charge in [-0.3, -0.25) is 9.88 Å². The first-order valence-electron chi connectivity index (χ1n) is 6.35. The predicted octanol–water partition coefficient (Wildman–Crippen LogP) is 2.98. The zero-order valence-electron chi connectivity index (χ0n) is 11.0. The zero-order chi connectivity index (χ0) is 14.4. The summed E-state index contributed by atoms with van der Waals surface area (Å²) in [5.74, 6) is -0.242. The van der Waals surface area contributed by atoms with Crippen LogP contribution in [0.3, 0.4) is 0 Å². The molecule has 0 bridgehead atoms. The molecule has 0 unspecified atom stereocenters. The monoisotopic (exact) mass is 338 g/mol. The molecule has 5 heteroatoms. The van der Waals surface area contributed by atoms with Crippen LogP contribution >= 0.6 is 15.9 Å². The summed E-state index contributed by atoms with van der Waals surface area (Å²) in [4.78, 5) is 6.05. The molecule has 0 saturated heterocycles. The molecule has 0 amide bonds. The molecule has 2 aromatic rings. The highest BCUT2D eigenvalue weighted by Crippen LogP contribution is 2.17. The lowest BCUT2D eigenvalue weighted by Gasteiger charge is -2.21. The van der Waals surface area contributed by atoms with Gasteiger partial charge in [0.25, 0.3) is 0 Å². The summed E-state index contributed by atoms with van der Waals surface area (Å²) in [6, 6.07) is 8.87. The van der Waals surface area contributed by atoms with Crippen LogP contribution < -0.4 is 0 Å². The minimum absolute atomic E-state index is 0.0401. The van der Waals surface area contributed by atoms with E-state index >= 15 is 0 Å². The van der Waals surface area contributed by atoms with Crippen molar-refractivity contribution in [2.75, 3.05) is 13.2 Å². The molecule has 0 saturated carbocycles. The number of rotatable bonds is 6. The van der Waals surface area contributed by atoms with E-state index in [1.165, 1.54) is 6.07 Å². The fourth-order valence-electron chi connectivity index (χ4n) is 2.00. The third kappa shape index (κ3) is 4.37. The molecule has 20 heavy (non-hydrogen) atoms. The number of aromatic nitrogens is 1. The third-order valence-corrected chi connectivity index (χ3v) is 3.45. The third-order valence-electron chi connectivity index (χ3n) is 2.95. The van der Waals surface area contributed by atoms with Crippen LogP contribution in [0.25, 0.3) is 0 Å². The molecule has 1 N–H and O–H groups in total. The Hall–Kier alpha value is -1.30. The summed E-state index contributed by atoms with van der Waals surface area (Å²) >= 11 is 3.25. The quantitative estimate of drug-likeness (QED) is 0.879. The molecule has 0 aliphatic carbocycles. The highest BCUT2D eigenvalue weighted by molar-refractivity contribution is 9.10. The molecule has 0 spiro atoms. The maximum Gasteiger partial charge on any atom is 0.128 e. The molecule has 0 aliphatic heterocycles. The Morgan fingerprint density at radius 3 is 2.75 bits per heavy atom. The molecule has 0 radical (unpaired) electrons. The zero-order valence-corrected chi connectivity index (χ0v) is 12.6. The number of hydrogen-bond donors (Lipinski definition) is 1. The number of hydrogen-bond acceptors (Lipinski definition) is 3. The molecule has 0 atom stereocenters. The normalized spacial score (nSPS) is 11.0. The molecular weight excluding hydrogens is 323 g/mol. The Kier molecular flexibility index (Phi) is 5.64. The van der Waals surface area contributed by atoms with Crippen LogP contribution in [0.15, 0.2) is 47.2 Å². The van der Waals surface area contributed by atoms with Crippen molar-refractivity contribution in [1.29, 1.82) is 0 Å². The van der Waals surface area contributed by atoms with Crippen molar-refractivity contribution >= 4 is 15.9 Å². The van der Waals surface area contributed by atoms with Crippen LogP contribution in [0.2, 0.25) is 0 Å². The van der Waals surface area contributed by atoms with E-state index in [0.717, 1.165) is 10.0 Å². The van der Waals surface area contributed by atoms with Crippen molar-refractivity contribution in [3.63, 3.8) is 0 Å². The number of benzene rings is 1. The fraction of sp³-hybridized carbons (Fsp3) is 0.267. The average molecular weight is 339 g/mol. The first kappa shape index (κ1) is 15.1. The van der Waals surface area contributed by atoms with Crippen LogP contribution in [-0.2, 0) is 13.1 Å². The van der Waals surface area contributed by atoms with Gasteiger partial charge in [-0.25, -0.2) is 4.39 Å². The van der Waals surface area contributed by atoms with Gasteiger partial charge in [-0.2, -0.15) is 0 Å². The molecular formula is C15H16BrFN2O. The van der Waals surface area contributed by atoms with E-state index in [9.17, 15) is 4.39 Å². The summed E-state index contributed by atoms with van der Waals surface area (Å²) in [6.45, 7) is 1.61. The summed E-state index contributed by atoms with van der Waals surface area (Å²) in [5.41, 5.74) is 1.66. The Balaban J connectivity index is 2.09. The molecule has 0 aliphatic rings. The molecule has 2 rings (SSSR count). The van der Waals surface area contributed by atoms with Gasteiger partial charge >= 0.3 is 0 Å². The van der Waals surface area contributed by atoms with Crippen LogP contribution in [0.4, 0.5) is 4.39 Å². The van der Waals surface area contributed by atoms with E-state index in [2.05, 4.69) is 20.9 Å². The Morgan fingerprint density at radius 1 is 1.25 bits per heavy atom.